The van der Waals surface area contributed by atoms with Crippen molar-refractivity contribution in [2.24, 2.45) is 10.1 Å². The van der Waals surface area contributed by atoms with Gasteiger partial charge in [-0.2, -0.15) is 4.98 Å². The van der Waals surface area contributed by atoms with E-state index in [1.807, 2.05) is 0 Å². The standard InChI is InChI=1S/C17H18F3N7O6/c1-10(29)24-15-11(3-2-4-22-8-32-17(18,19)20)6-27(16(30)25-15)14-5-12(13(7-28)33-14)31-9-23-26-21/h6,8,12-14,28H,4-5,7,9H2,1H3,(H,24,25,29,30)/b22-8+. The third-order valence-corrected chi connectivity index (χ3v) is 3.98. The topological polar surface area (TPSA) is 173 Å². The minimum absolute atomic E-state index is 0.0549. The average Bonchev–Trinajstić information content (AvgIpc) is 3.13. The van der Waals surface area contributed by atoms with Crippen LogP contribution in [0.2, 0.25) is 0 Å². The van der Waals surface area contributed by atoms with Gasteiger partial charge in [-0.15, -0.1) is 13.2 Å². The van der Waals surface area contributed by atoms with Crippen molar-refractivity contribution >= 4 is 18.1 Å². The van der Waals surface area contributed by atoms with Crippen LogP contribution in [0.3, 0.4) is 0 Å². The Morgan fingerprint density at radius 2 is 2.33 bits per heavy atom. The van der Waals surface area contributed by atoms with Crippen molar-refractivity contribution in [3.63, 3.8) is 0 Å². The summed E-state index contributed by atoms with van der Waals surface area (Å²) in [4.78, 5) is 33.6. The fourth-order valence-corrected chi connectivity index (χ4v) is 2.71. The number of aliphatic imine (C=N–C) groups is 1. The molecule has 0 aliphatic carbocycles. The third-order valence-electron chi connectivity index (χ3n) is 3.98. The molecule has 1 fully saturated rings. The summed E-state index contributed by atoms with van der Waals surface area (Å²) in [5.41, 5.74) is 7.59. The van der Waals surface area contributed by atoms with Gasteiger partial charge in [-0.05, 0) is 5.53 Å². The third kappa shape index (κ3) is 8.09. The van der Waals surface area contributed by atoms with Crippen LogP contribution in [0.15, 0.2) is 21.1 Å². The molecule has 0 bridgehead atoms. The second-order valence-corrected chi connectivity index (χ2v) is 6.30. The molecule has 3 atom stereocenters. The number of nitrogens with one attached hydrogen (secondary N) is 1. The number of hydrogen-bond donors (Lipinski definition) is 2. The highest BCUT2D eigenvalue weighted by atomic mass is 19.4. The van der Waals surface area contributed by atoms with Gasteiger partial charge in [0.25, 0.3) is 0 Å². The van der Waals surface area contributed by atoms with Crippen LogP contribution in [-0.4, -0.2) is 65.4 Å². The molecule has 1 aliphatic rings. The summed E-state index contributed by atoms with van der Waals surface area (Å²) < 4.78 is 51.1. The monoisotopic (exact) mass is 473 g/mol. The molecule has 3 unspecified atom stereocenters. The number of halogens is 3. The van der Waals surface area contributed by atoms with Gasteiger partial charge in [-0.3, -0.25) is 9.36 Å². The van der Waals surface area contributed by atoms with E-state index in [9.17, 15) is 27.9 Å². The second-order valence-electron chi connectivity index (χ2n) is 6.30. The molecule has 0 spiro atoms. The van der Waals surface area contributed by atoms with E-state index in [2.05, 4.69) is 41.9 Å². The number of aliphatic hydroxyl groups excluding tert-OH is 1. The first-order valence-electron chi connectivity index (χ1n) is 9.16. The van der Waals surface area contributed by atoms with Crippen molar-refractivity contribution in [3.05, 3.63) is 32.7 Å². The lowest BCUT2D eigenvalue weighted by Gasteiger charge is -2.16. The van der Waals surface area contributed by atoms with Gasteiger partial charge in [0.1, 0.15) is 25.6 Å². The van der Waals surface area contributed by atoms with Gasteiger partial charge in [-0.25, -0.2) is 9.79 Å². The van der Waals surface area contributed by atoms with Gasteiger partial charge in [0.2, 0.25) is 5.91 Å². The average molecular weight is 473 g/mol. The van der Waals surface area contributed by atoms with Gasteiger partial charge < -0.3 is 24.6 Å². The molecular formula is C17H18F3N7O6. The number of alkyl halides is 3. The first-order chi connectivity index (χ1) is 15.6. The summed E-state index contributed by atoms with van der Waals surface area (Å²) in [6.07, 6.45) is -5.78. The van der Waals surface area contributed by atoms with Crippen molar-refractivity contribution in [1.29, 1.82) is 0 Å². The summed E-state index contributed by atoms with van der Waals surface area (Å²) >= 11 is 0. The Morgan fingerprint density at radius 3 is 2.97 bits per heavy atom. The number of hydrogen-bond acceptors (Lipinski definition) is 9. The lowest BCUT2D eigenvalue weighted by molar-refractivity contribution is -0.280. The Labute approximate surface area is 183 Å². The Kier molecular flexibility index (Phi) is 9.18. The molecule has 0 aromatic carbocycles. The van der Waals surface area contributed by atoms with E-state index >= 15 is 0 Å². The molecule has 1 aromatic heterocycles. The minimum Gasteiger partial charge on any atom is -0.395 e. The molecule has 1 aliphatic heterocycles. The molecular weight excluding hydrogens is 455 g/mol. The largest absolute Gasteiger partial charge is 0.573 e. The molecule has 1 aromatic rings. The van der Waals surface area contributed by atoms with E-state index in [0.717, 1.165) is 4.57 Å². The highest BCUT2D eigenvalue weighted by Crippen LogP contribution is 2.30. The quantitative estimate of drug-likeness (QED) is 0.142. The van der Waals surface area contributed by atoms with Crippen LogP contribution in [0, 0.1) is 11.8 Å². The van der Waals surface area contributed by atoms with Crippen LogP contribution in [0.1, 0.15) is 25.1 Å². The fourth-order valence-electron chi connectivity index (χ4n) is 2.71. The Balaban J connectivity index is 2.26. The van der Waals surface area contributed by atoms with Crippen LogP contribution < -0.4 is 11.0 Å². The number of aromatic nitrogens is 2. The van der Waals surface area contributed by atoms with Crippen molar-refractivity contribution in [2.45, 2.75) is 38.1 Å². The first-order valence-corrected chi connectivity index (χ1v) is 9.16. The van der Waals surface area contributed by atoms with Crippen LogP contribution in [0.25, 0.3) is 10.4 Å². The molecule has 16 heteroatoms. The maximum Gasteiger partial charge on any atom is 0.573 e. The Morgan fingerprint density at radius 1 is 1.58 bits per heavy atom. The van der Waals surface area contributed by atoms with Gasteiger partial charge in [-0.1, -0.05) is 17.0 Å². The van der Waals surface area contributed by atoms with Crippen molar-refractivity contribution in [3.8, 4) is 11.8 Å². The molecule has 2 N–H and O–H groups in total. The van der Waals surface area contributed by atoms with E-state index in [1.165, 1.54) is 13.1 Å². The minimum atomic E-state index is -4.87. The number of azide groups is 1. The molecule has 2 heterocycles. The number of anilines is 1. The van der Waals surface area contributed by atoms with Gasteiger partial charge >= 0.3 is 12.1 Å². The number of carbonyl (C=O) groups excluding carboxylic acids is 1. The van der Waals surface area contributed by atoms with Crippen molar-refractivity contribution in [2.75, 3.05) is 25.2 Å². The van der Waals surface area contributed by atoms with Crippen molar-refractivity contribution < 1.29 is 37.3 Å². The predicted molar refractivity (Wildman–Crippen MR) is 105 cm³/mol. The van der Waals surface area contributed by atoms with E-state index in [4.69, 9.17) is 15.0 Å². The number of carbonyl (C=O) groups is 1. The second kappa shape index (κ2) is 11.8. The number of nitrogens with zero attached hydrogens (tertiary/aromatic N) is 6. The maximum atomic E-state index is 12.5. The van der Waals surface area contributed by atoms with E-state index in [1.54, 1.807) is 0 Å². The summed E-state index contributed by atoms with van der Waals surface area (Å²) in [7, 11) is 0. The molecule has 178 valence electrons. The van der Waals surface area contributed by atoms with Crippen LogP contribution in [-0.2, 0) is 19.0 Å². The fraction of sp³-hybridized carbons (Fsp3) is 0.529. The Bertz CT molecular complexity index is 1040. The Hall–Kier alpha value is -3.64. The molecule has 2 rings (SSSR count). The lowest BCUT2D eigenvalue weighted by Crippen LogP contribution is -2.29. The van der Waals surface area contributed by atoms with E-state index in [-0.39, 0.29) is 37.5 Å². The molecule has 1 amide bonds. The smallest absolute Gasteiger partial charge is 0.395 e. The van der Waals surface area contributed by atoms with Crippen molar-refractivity contribution in [1.82, 2.24) is 9.55 Å². The number of amides is 1. The molecule has 1 saturated heterocycles. The van der Waals surface area contributed by atoms with E-state index in [0.29, 0.717) is 0 Å². The van der Waals surface area contributed by atoms with Gasteiger partial charge in [0.15, 0.2) is 12.2 Å². The van der Waals surface area contributed by atoms with Gasteiger partial charge in [0.05, 0.1) is 18.3 Å². The lowest BCUT2D eigenvalue weighted by atomic mass is 10.2. The number of aliphatic hydroxyl groups is 1. The summed E-state index contributed by atoms with van der Waals surface area (Å²) in [5, 5.41) is 15.1. The molecule has 13 nitrogen and oxygen atoms in total. The zero-order valence-electron chi connectivity index (χ0n) is 17.0. The highest BCUT2D eigenvalue weighted by Gasteiger charge is 2.37. The van der Waals surface area contributed by atoms with Crippen LogP contribution in [0.4, 0.5) is 19.0 Å². The molecule has 0 saturated carbocycles. The molecule has 33 heavy (non-hydrogen) atoms. The van der Waals surface area contributed by atoms with E-state index < -0.39 is 43.0 Å². The number of rotatable bonds is 8. The zero-order valence-corrected chi connectivity index (χ0v) is 17.0. The highest BCUT2D eigenvalue weighted by molar-refractivity contribution is 5.88. The predicted octanol–water partition coefficient (Wildman–Crippen LogP) is 1.05. The maximum absolute atomic E-state index is 12.5. The van der Waals surface area contributed by atoms with Crippen LogP contribution >= 0.6 is 0 Å². The summed E-state index contributed by atoms with van der Waals surface area (Å²) in [5.74, 6) is 4.30. The summed E-state index contributed by atoms with van der Waals surface area (Å²) in [6, 6.07) is 0. The molecule has 0 radical (unpaired) electrons. The zero-order chi connectivity index (χ0) is 24.4. The SMILES string of the molecule is CC(=O)Nc1nc(=O)n(C2CC(OCN=[N+]=[N-])C(CO)O2)cc1C#CC/N=C/OC(F)(F)F. The van der Waals surface area contributed by atoms with Crippen LogP contribution in [0.5, 0.6) is 0 Å². The van der Waals surface area contributed by atoms with Gasteiger partial charge in [0, 0.05) is 24.5 Å². The first kappa shape index (κ1) is 25.6. The normalized spacial score (nSPS) is 20.1. The number of ether oxygens (including phenoxy) is 3. The summed E-state index contributed by atoms with van der Waals surface area (Å²) in [6.45, 7) is 0.0588.